The molecule has 0 N–H and O–H groups in total. The summed E-state index contributed by atoms with van der Waals surface area (Å²) in [4.78, 5) is 0. The first-order valence-electron chi connectivity index (χ1n) is 13.1. The number of rotatable bonds is 23. The average Bonchev–Trinajstić information content (AvgIpc) is 2.71. The van der Waals surface area contributed by atoms with Crippen molar-refractivity contribution in [2.24, 2.45) is 0 Å². The van der Waals surface area contributed by atoms with Gasteiger partial charge in [-0.05, 0) is 25.7 Å². The van der Waals surface area contributed by atoms with E-state index in [0.717, 1.165) is 10.5 Å². The molecule has 1 nitrogen and oxygen atoms in total. The topological polar surface area (TPSA) is 0 Å². The highest BCUT2D eigenvalue weighted by molar-refractivity contribution is 6.16. The Morgan fingerprint density at radius 3 is 0.929 bits per heavy atom. The van der Waals surface area contributed by atoms with Gasteiger partial charge in [0.15, 0.2) is 6.00 Å². The summed E-state index contributed by atoms with van der Waals surface area (Å²) in [6, 6.07) is 0.787. The molecule has 0 unspecified atom stereocenters. The second-order valence-corrected chi connectivity index (χ2v) is 9.79. The van der Waals surface area contributed by atoms with Crippen LogP contribution in [0.5, 0.6) is 0 Å². The van der Waals surface area contributed by atoms with E-state index in [4.69, 9.17) is 11.6 Å². The molecule has 0 aliphatic carbocycles. The lowest BCUT2D eigenvalue weighted by Gasteiger charge is -2.32. The maximum absolute atomic E-state index is 6.33. The second-order valence-electron chi connectivity index (χ2n) is 9.55. The molecule has 0 aromatic rings. The molecule has 0 amide bonds. The van der Waals surface area contributed by atoms with E-state index < -0.39 is 0 Å². The quantitative estimate of drug-likeness (QED) is 0.0672. The number of alkyl halides is 1. The van der Waals surface area contributed by atoms with Crippen LogP contribution < -0.4 is 0 Å². The maximum Gasteiger partial charge on any atom is 0.154 e. The minimum atomic E-state index is 0.787. The van der Waals surface area contributed by atoms with Gasteiger partial charge in [0.05, 0.1) is 20.1 Å². The van der Waals surface area contributed by atoms with Crippen LogP contribution in [0.25, 0.3) is 0 Å². The van der Waals surface area contributed by atoms with Crippen LogP contribution in [0, 0.1) is 0 Å². The molecule has 0 saturated heterocycles. The molecule has 0 aliphatic heterocycles. The number of nitrogens with zero attached hydrogens (tertiary/aromatic N) is 1. The highest BCUT2D eigenvalue weighted by Gasteiger charge is 2.18. The van der Waals surface area contributed by atoms with Crippen LogP contribution in [-0.4, -0.2) is 30.6 Å². The summed E-state index contributed by atoms with van der Waals surface area (Å²) in [5.41, 5.74) is 0. The molecule has 28 heavy (non-hydrogen) atoms. The van der Waals surface area contributed by atoms with E-state index in [2.05, 4.69) is 20.9 Å². The highest BCUT2D eigenvalue weighted by Crippen LogP contribution is 2.16. The van der Waals surface area contributed by atoms with Gasteiger partial charge >= 0.3 is 0 Å². The fourth-order valence-electron chi connectivity index (χ4n) is 4.19. The molecule has 0 atom stereocenters. The molecule has 0 spiro atoms. The Kier molecular flexibility index (Phi) is 22.1. The zero-order valence-corrected chi connectivity index (χ0v) is 20.8. The first kappa shape index (κ1) is 28.2. The normalized spacial score (nSPS) is 12.0. The van der Waals surface area contributed by atoms with Crippen LogP contribution in [0.2, 0.25) is 0 Å². The van der Waals surface area contributed by atoms with Crippen molar-refractivity contribution < 1.29 is 4.48 Å². The lowest BCUT2D eigenvalue weighted by molar-refractivity contribution is -0.899. The third-order valence-corrected chi connectivity index (χ3v) is 6.97. The van der Waals surface area contributed by atoms with Crippen molar-refractivity contribution in [3.8, 4) is 0 Å². The Bertz CT molecular complexity index is 268. The number of quaternary nitrogens is 1. The van der Waals surface area contributed by atoms with Gasteiger partial charge in [0, 0.05) is 0 Å². The van der Waals surface area contributed by atoms with Crippen molar-refractivity contribution in [2.75, 3.05) is 26.1 Å². The fourth-order valence-corrected chi connectivity index (χ4v) is 4.43. The molecule has 0 rings (SSSR count). The molecule has 2 heteroatoms. The van der Waals surface area contributed by atoms with Crippen molar-refractivity contribution in [3.63, 3.8) is 0 Å². The molecular weight excluding hydrogens is 362 g/mol. The Morgan fingerprint density at radius 2 is 0.679 bits per heavy atom. The van der Waals surface area contributed by atoms with Gasteiger partial charge < -0.3 is 4.48 Å². The van der Waals surface area contributed by atoms with E-state index >= 15 is 0 Å². The summed E-state index contributed by atoms with van der Waals surface area (Å²) in [6.45, 7) is 7.14. The standard InChI is InChI=1S/C26H55ClN/c1-4-6-8-10-12-14-16-18-20-22-24-28(3,26-27)25-23-21-19-17-15-13-11-9-7-5-2/h4-26H2,1-3H3/q+1. The first-order chi connectivity index (χ1) is 13.7. The van der Waals surface area contributed by atoms with Crippen molar-refractivity contribution >= 4 is 11.6 Å². The van der Waals surface area contributed by atoms with Crippen LogP contribution >= 0.6 is 11.6 Å². The Hall–Kier alpha value is 0.250. The van der Waals surface area contributed by atoms with E-state index in [1.54, 1.807) is 0 Å². The Balaban J connectivity index is 3.47. The largest absolute Gasteiger partial charge is 0.313 e. The van der Waals surface area contributed by atoms with Gasteiger partial charge in [-0.2, -0.15) is 0 Å². The number of unbranched alkanes of at least 4 members (excludes halogenated alkanes) is 18. The van der Waals surface area contributed by atoms with Crippen LogP contribution in [0.15, 0.2) is 0 Å². The number of hydrogen-bond acceptors (Lipinski definition) is 0. The van der Waals surface area contributed by atoms with Crippen LogP contribution in [0.3, 0.4) is 0 Å². The van der Waals surface area contributed by atoms with E-state index in [9.17, 15) is 0 Å². The van der Waals surface area contributed by atoms with Gasteiger partial charge in [0.25, 0.3) is 0 Å². The van der Waals surface area contributed by atoms with Crippen molar-refractivity contribution in [2.45, 2.75) is 142 Å². The summed E-state index contributed by atoms with van der Waals surface area (Å²) in [5.74, 6) is 0. The van der Waals surface area contributed by atoms with Gasteiger partial charge in [-0.25, -0.2) is 0 Å². The summed E-state index contributed by atoms with van der Waals surface area (Å²) < 4.78 is 1.08. The van der Waals surface area contributed by atoms with E-state index in [-0.39, 0.29) is 0 Å². The van der Waals surface area contributed by atoms with Gasteiger partial charge in [-0.1, -0.05) is 128 Å². The molecular formula is C26H55ClN+. The zero-order valence-electron chi connectivity index (χ0n) is 20.1. The van der Waals surface area contributed by atoms with Gasteiger partial charge in [-0.3, -0.25) is 0 Å². The first-order valence-corrected chi connectivity index (χ1v) is 13.6. The van der Waals surface area contributed by atoms with Gasteiger partial charge in [0.2, 0.25) is 0 Å². The summed E-state index contributed by atoms with van der Waals surface area (Å²) >= 11 is 6.33. The monoisotopic (exact) mass is 416 g/mol. The lowest BCUT2D eigenvalue weighted by Crippen LogP contribution is -2.44. The second kappa shape index (κ2) is 21.9. The van der Waals surface area contributed by atoms with Crippen LogP contribution in [-0.2, 0) is 0 Å². The molecule has 0 aliphatic rings. The third-order valence-electron chi connectivity index (χ3n) is 6.39. The van der Waals surface area contributed by atoms with Gasteiger partial charge in [0.1, 0.15) is 0 Å². The molecule has 170 valence electrons. The molecule has 0 aromatic carbocycles. The number of hydrogen-bond donors (Lipinski definition) is 0. The predicted molar refractivity (Wildman–Crippen MR) is 130 cm³/mol. The van der Waals surface area contributed by atoms with Crippen molar-refractivity contribution in [1.29, 1.82) is 0 Å². The minimum Gasteiger partial charge on any atom is -0.313 e. The Labute approximate surface area is 184 Å². The summed E-state index contributed by atoms with van der Waals surface area (Å²) in [5, 5.41) is 0. The van der Waals surface area contributed by atoms with E-state index in [1.807, 2.05) is 0 Å². The molecule has 0 radical (unpaired) electrons. The van der Waals surface area contributed by atoms with Crippen LogP contribution in [0.1, 0.15) is 142 Å². The molecule has 0 fully saturated rings. The molecule has 0 bridgehead atoms. The molecule has 0 aromatic heterocycles. The lowest BCUT2D eigenvalue weighted by atomic mass is 10.1. The zero-order chi connectivity index (χ0) is 20.8. The summed E-state index contributed by atoms with van der Waals surface area (Å²) in [6.07, 6.45) is 28.4. The number of halogens is 1. The molecule has 0 heterocycles. The third kappa shape index (κ3) is 19.6. The average molecular weight is 417 g/mol. The van der Waals surface area contributed by atoms with Crippen molar-refractivity contribution in [1.82, 2.24) is 0 Å². The fraction of sp³-hybridized carbons (Fsp3) is 1.00. The summed E-state index contributed by atoms with van der Waals surface area (Å²) in [7, 11) is 2.37. The Morgan fingerprint density at radius 1 is 0.429 bits per heavy atom. The SMILES string of the molecule is CCCCCCCCCCCC[N+](C)(CCl)CCCCCCCCCCCC. The van der Waals surface area contributed by atoms with E-state index in [0.29, 0.717) is 0 Å². The highest BCUT2D eigenvalue weighted by atomic mass is 35.5. The van der Waals surface area contributed by atoms with Gasteiger partial charge in [-0.15, -0.1) is 0 Å². The van der Waals surface area contributed by atoms with Crippen LogP contribution in [0.4, 0.5) is 0 Å². The van der Waals surface area contributed by atoms with E-state index in [1.165, 1.54) is 142 Å². The smallest absolute Gasteiger partial charge is 0.154 e. The predicted octanol–water partition coefficient (Wildman–Crippen LogP) is 9.47. The molecule has 0 saturated carbocycles. The maximum atomic E-state index is 6.33. The van der Waals surface area contributed by atoms with Crippen molar-refractivity contribution in [3.05, 3.63) is 0 Å². The minimum absolute atomic E-state index is 0.787.